The van der Waals surface area contributed by atoms with E-state index in [0.717, 1.165) is 34.1 Å². The number of Topliss-reactive ketones (excluding diaryl/α,β-unsaturated/α-hetero) is 1. The summed E-state index contributed by atoms with van der Waals surface area (Å²) in [6.07, 6.45) is 3.87. The number of aromatic nitrogens is 1. The minimum atomic E-state index is -0.131. The van der Waals surface area contributed by atoms with Gasteiger partial charge in [0.2, 0.25) is 5.78 Å². The normalized spacial score (nSPS) is 14.1. The van der Waals surface area contributed by atoms with E-state index < -0.39 is 0 Å². The topological polar surface area (TPSA) is 40.5 Å². The molecule has 166 valence electrons. The smallest absolute Gasteiger partial charge is 0.231 e. The van der Waals surface area contributed by atoms with E-state index in [4.69, 9.17) is 32.7 Å². The maximum absolute atomic E-state index is 13.1. The standard InChI is InChI=1S/C27H21Cl2NO3/c1-3-30-14-18(20-6-4-5-7-23(20)30)12-25-26(31)21-10-11-24(16(2)27(21)33-25)32-15-17-8-9-19(28)13-22(17)29/h4-14H,3,15H2,1-2H3/b25-12-. The summed E-state index contributed by atoms with van der Waals surface area (Å²) in [7, 11) is 0. The van der Waals surface area contributed by atoms with Crippen LogP contribution in [-0.2, 0) is 13.2 Å². The Balaban J connectivity index is 1.44. The van der Waals surface area contributed by atoms with Gasteiger partial charge in [-0.1, -0.05) is 47.5 Å². The third-order valence-corrected chi connectivity index (χ3v) is 6.47. The lowest BCUT2D eigenvalue weighted by atomic mass is 10.1. The third kappa shape index (κ3) is 3.90. The lowest BCUT2D eigenvalue weighted by Crippen LogP contribution is -1.99. The molecule has 0 saturated carbocycles. The molecule has 1 aliphatic heterocycles. The molecule has 4 nitrogen and oxygen atoms in total. The van der Waals surface area contributed by atoms with Crippen molar-refractivity contribution in [2.24, 2.45) is 0 Å². The van der Waals surface area contributed by atoms with Crippen LogP contribution >= 0.6 is 23.2 Å². The maximum Gasteiger partial charge on any atom is 0.231 e. The molecule has 0 atom stereocenters. The summed E-state index contributed by atoms with van der Waals surface area (Å²) < 4.78 is 14.2. The van der Waals surface area contributed by atoms with E-state index in [1.165, 1.54) is 0 Å². The molecule has 4 aromatic rings. The maximum atomic E-state index is 13.1. The summed E-state index contributed by atoms with van der Waals surface area (Å²) in [6, 6.07) is 17.0. The molecule has 2 heterocycles. The lowest BCUT2D eigenvalue weighted by Gasteiger charge is -2.12. The first-order chi connectivity index (χ1) is 16.0. The number of hydrogen-bond acceptors (Lipinski definition) is 3. The molecular formula is C27H21Cl2NO3. The van der Waals surface area contributed by atoms with E-state index in [9.17, 15) is 4.79 Å². The molecule has 0 amide bonds. The minimum absolute atomic E-state index is 0.131. The average Bonchev–Trinajstić information content (AvgIpc) is 3.33. The molecule has 0 aliphatic carbocycles. The van der Waals surface area contributed by atoms with E-state index in [-0.39, 0.29) is 12.4 Å². The van der Waals surface area contributed by atoms with Crippen LogP contribution in [0.4, 0.5) is 0 Å². The quantitative estimate of drug-likeness (QED) is 0.280. The van der Waals surface area contributed by atoms with E-state index in [1.54, 1.807) is 24.3 Å². The van der Waals surface area contributed by atoms with Gasteiger partial charge in [0.05, 0.1) is 5.56 Å². The monoisotopic (exact) mass is 477 g/mol. The van der Waals surface area contributed by atoms with E-state index in [2.05, 4.69) is 29.8 Å². The fourth-order valence-electron chi connectivity index (χ4n) is 4.11. The van der Waals surface area contributed by atoms with Crippen molar-refractivity contribution in [3.05, 3.63) is 98.9 Å². The second-order valence-electron chi connectivity index (χ2n) is 7.92. The third-order valence-electron chi connectivity index (χ3n) is 5.88. The Morgan fingerprint density at radius 3 is 2.70 bits per heavy atom. The molecule has 0 radical (unpaired) electrons. The van der Waals surface area contributed by atoms with Crippen LogP contribution in [0.15, 0.2) is 66.6 Å². The highest BCUT2D eigenvalue weighted by Gasteiger charge is 2.30. The van der Waals surface area contributed by atoms with Gasteiger partial charge >= 0.3 is 0 Å². The van der Waals surface area contributed by atoms with Crippen molar-refractivity contribution in [1.29, 1.82) is 0 Å². The fourth-order valence-corrected chi connectivity index (χ4v) is 4.57. The summed E-state index contributed by atoms with van der Waals surface area (Å²) in [4.78, 5) is 13.1. The number of ether oxygens (including phenoxy) is 2. The van der Waals surface area contributed by atoms with Crippen LogP contribution in [0.1, 0.15) is 34.0 Å². The van der Waals surface area contributed by atoms with E-state index in [0.29, 0.717) is 32.9 Å². The number of nitrogens with zero attached hydrogens (tertiary/aromatic N) is 1. The molecule has 3 aromatic carbocycles. The molecule has 6 heteroatoms. The van der Waals surface area contributed by atoms with Crippen molar-refractivity contribution in [1.82, 2.24) is 4.57 Å². The number of ketones is 1. The second-order valence-corrected chi connectivity index (χ2v) is 8.76. The molecule has 0 spiro atoms. The van der Waals surface area contributed by atoms with Crippen molar-refractivity contribution >= 4 is 46.0 Å². The Kier molecular flexibility index (Phi) is 5.65. The summed E-state index contributed by atoms with van der Waals surface area (Å²) in [6.45, 7) is 5.11. The number of hydrogen-bond donors (Lipinski definition) is 0. The van der Waals surface area contributed by atoms with Crippen molar-refractivity contribution < 1.29 is 14.3 Å². The van der Waals surface area contributed by atoms with Gasteiger partial charge in [-0.3, -0.25) is 4.79 Å². The summed E-state index contributed by atoms with van der Waals surface area (Å²) >= 11 is 12.2. The van der Waals surface area contributed by atoms with E-state index in [1.807, 2.05) is 31.2 Å². The van der Waals surface area contributed by atoms with Crippen LogP contribution in [0.2, 0.25) is 10.0 Å². The largest absolute Gasteiger partial charge is 0.488 e. The van der Waals surface area contributed by atoms with Crippen molar-refractivity contribution in [2.75, 3.05) is 0 Å². The van der Waals surface area contributed by atoms with Crippen LogP contribution in [0.5, 0.6) is 11.5 Å². The van der Waals surface area contributed by atoms with Gasteiger partial charge in [-0.25, -0.2) is 0 Å². The van der Waals surface area contributed by atoms with Crippen LogP contribution < -0.4 is 9.47 Å². The van der Waals surface area contributed by atoms with Crippen LogP contribution in [-0.4, -0.2) is 10.4 Å². The first-order valence-corrected chi connectivity index (χ1v) is 11.4. The number of rotatable bonds is 5. The van der Waals surface area contributed by atoms with Crippen molar-refractivity contribution in [3.8, 4) is 11.5 Å². The van der Waals surface area contributed by atoms with Crippen molar-refractivity contribution in [2.45, 2.75) is 27.0 Å². The number of benzene rings is 3. The SMILES string of the molecule is CCn1cc(/C=C2\Oc3c(ccc(OCc4ccc(Cl)cc4Cl)c3C)C2=O)c2ccccc21. The van der Waals surface area contributed by atoms with Gasteiger partial charge in [0.1, 0.15) is 18.1 Å². The second kappa shape index (κ2) is 8.62. The molecule has 5 rings (SSSR count). The van der Waals surface area contributed by atoms with Gasteiger partial charge in [-0.15, -0.1) is 0 Å². The highest BCUT2D eigenvalue weighted by atomic mass is 35.5. The first kappa shape index (κ1) is 21.6. The van der Waals surface area contributed by atoms with Crippen LogP contribution in [0.3, 0.4) is 0 Å². The molecule has 0 saturated heterocycles. The number of para-hydroxylation sites is 1. The zero-order valence-electron chi connectivity index (χ0n) is 18.2. The lowest BCUT2D eigenvalue weighted by molar-refractivity contribution is 0.101. The summed E-state index contributed by atoms with van der Waals surface area (Å²) in [5, 5.41) is 2.20. The Labute approximate surface area is 202 Å². The highest BCUT2D eigenvalue weighted by Crippen LogP contribution is 2.40. The minimum Gasteiger partial charge on any atom is -0.488 e. The first-order valence-electron chi connectivity index (χ1n) is 10.7. The van der Waals surface area contributed by atoms with Gasteiger partial charge in [-0.2, -0.15) is 0 Å². The molecule has 1 aliphatic rings. The highest BCUT2D eigenvalue weighted by molar-refractivity contribution is 6.35. The molecule has 0 unspecified atom stereocenters. The van der Waals surface area contributed by atoms with Crippen LogP contribution in [0.25, 0.3) is 17.0 Å². The van der Waals surface area contributed by atoms with Crippen molar-refractivity contribution in [3.63, 3.8) is 0 Å². The number of fused-ring (bicyclic) bond motifs is 2. The van der Waals surface area contributed by atoms with Gasteiger partial charge in [0.25, 0.3) is 0 Å². The zero-order chi connectivity index (χ0) is 23.1. The van der Waals surface area contributed by atoms with Crippen LogP contribution in [0, 0.1) is 6.92 Å². The molecule has 0 N–H and O–H groups in total. The molecular weight excluding hydrogens is 457 g/mol. The van der Waals surface area contributed by atoms with E-state index >= 15 is 0 Å². The number of carbonyl (C=O) groups excluding carboxylic acids is 1. The Morgan fingerprint density at radius 1 is 1.09 bits per heavy atom. The Morgan fingerprint density at radius 2 is 1.91 bits per heavy atom. The molecule has 0 fully saturated rings. The number of halogens is 2. The Bertz CT molecular complexity index is 1440. The summed E-state index contributed by atoms with van der Waals surface area (Å²) in [5.41, 5.74) is 4.21. The van der Waals surface area contributed by atoms with Gasteiger partial charge in [0.15, 0.2) is 5.76 Å². The predicted octanol–water partition coefficient (Wildman–Crippen LogP) is 7.47. The zero-order valence-corrected chi connectivity index (χ0v) is 19.7. The predicted molar refractivity (Wildman–Crippen MR) is 133 cm³/mol. The average molecular weight is 478 g/mol. The fraction of sp³-hybridized carbons (Fsp3) is 0.148. The van der Waals surface area contributed by atoms with Gasteiger partial charge in [0, 0.05) is 50.4 Å². The number of allylic oxidation sites excluding steroid dienone is 1. The van der Waals surface area contributed by atoms with Gasteiger partial charge < -0.3 is 14.0 Å². The Hall–Kier alpha value is -3.21. The number of carbonyl (C=O) groups is 1. The summed E-state index contributed by atoms with van der Waals surface area (Å²) in [5.74, 6) is 1.35. The van der Waals surface area contributed by atoms with Gasteiger partial charge in [-0.05, 0) is 50.3 Å². The molecule has 0 bridgehead atoms. The number of aryl methyl sites for hydroxylation is 1. The molecule has 33 heavy (non-hydrogen) atoms. The molecule has 1 aromatic heterocycles.